The molecule has 0 aromatic heterocycles. The highest BCUT2D eigenvalue weighted by Crippen LogP contribution is 2.52. The number of unbranched alkanes of at least 4 members (excludes halogenated alkanes) is 1. The van der Waals surface area contributed by atoms with E-state index in [-0.39, 0.29) is 5.97 Å². The van der Waals surface area contributed by atoms with Gasteiger partial charge in [-0.1, -0.05) is 32.6 Å². The van der Waals surface area contributed by atoms with Gasteiger partial charge in [-0.25, -0.2) is 0 Å². The van der Waals surface area contributed by atoms with Gasteiger partial charge in [0.2, 0.25) is 0 Å². The zero-order chi connectivity index (χ0) is 13.8. The fourth-order valence-electron chi connectivity index (χ4n) is 3.62. The maximum atomic E-state index is 12.5. The number of carbonyl (C=O) groups is 1. The summed E-state index contributed by atoms with van der Waals surface area (Å²) in [5.74, 6) is -0.888. The number of methoxy groups -OCH3 is 1. The summed E-state index contributed by atoms with van der Waals surface area (Å²) < 4.78 is 17.1. The molecule has 1 aliphatic heterocycles. The summed E-state index contributed by atoms with van der Waals surface area (Å²) >= 11 is 0. The third-order valence-corrected chi connectivity index (χ3v) is 4.63. The summed E-state index contributed by atoms with van der Waals surface area (Å²) in [5.41, 5.74) is -0.592. The van der Waals surface area contributed by atoms with Crippen LogP contribution in [-0.4, -0.2) is 32.1 Å². The quantitative estimate of drug-likeness (QED) is 0.720. The summed E-state index contributed by atoms with van der Waals surface area (Å²) in [6.07, 6.45) is 7.81. The second-order valence-corrected chi connectivity index (χ2v) is 5.69. The summed E-state index contributed by atoms with van der Waals surface area (Å²) in [5, 5.41) is 0. The van der Waals surface area contributed by atoms with Crippen LogP contribution in [0.25, 0.3) is 0 Å². The molecule has 2 fully saturated rings. The van der Waals surface area contributed by atoms with E-state index in [2.05, 4.69) is 6.92 Å². The molecule has 4 nitrogen and oxygen atoms in total. The first kappa shape index (κ1) is 14.8. The maximum Gasteiger partial charge on any atom is 0.317 e. The average Bonchev–Trinajstić information content (AvgIpc) is 2.95. The second kappa shape index (κ2) is 6.23. The minimum atomic E-state index is -0.740. The van der Waals surface area contributed by atoms with Crippen LogP contribution in [0, 0.1) is 5.41 Å². The van der Waals surface area contributed by atoms with Crippen molar-refractivity contribution >= 4 is 5.97 Å². The van der Waals surface area contributed by atoms with Gasteiger partial charge in [-0.2, -0.15) is 0 Å². The van der Waals surface area contributed by atoms with Crippen LogP contribution >= 0.6 is 0 Å². The summed E-state index contributed by atoms with van der Waals surface area (Å²) in [6.45, 7) is 3.32. The van der Waals surface area contributed by atoms with E-state index in [1.807, 2.05) is 0 Å². The molecule has 110 valence electrons. The first-order chi connectivity index (χ1) is 9.21. The van der Waals surface area contributed by atoms with Crippen LogP contribution in [0.15, 0.2) is 0 Å². The fourth-order valence-corrected chi connectivity index (χ4v) is 3.62. The van der Waals surface area contributed by atoms with Crippen LogP contribution in [-0.2, 0) is 19.0 Å². The van der Waals surface area contributed by atoms with Crippen molar-refractivity contribution in [2.75, 3.05) is 20.3 Å². The molecule has 1 saturated carbocycles. The molecule has 1 saturated heterocycles. The zero-order valence-corrected chi connectivity index (χ0v) is 12.2. The van der Waals surface area contributed by atoms with Crippen LogP contribution in [0.4, 0.5) is 0 Å². The predicted octanol–water partition coefficient (Wildman–Crippen LogP) is 3.04. The molecule has 0 radical (unpaired) electrons. The van der Waals surface area contributed by atoms with Crippen molar-refractivity contribution in [3.63, 3.8) is 0 Å². The minimum Gasteiger partial charge on any atom is -0.468 e. The maximum absolute atomic E-state index is 12.5. The van der Waals surface area contributed by atoms with E-state index in [4.69, 9.17) is 14.2 Å². The number of carbonyl (C=O) groups excluding carboxylic acids is 1. The van der Waals surface area contributed by atoms with Crippen molar-refractivity contribution in [3.05, 3.63) is 0 Å². The lowest BCUT2D eigenvalue weighted by Gasteiger charge is -2.46. The van der Waals surface area contributed by atoms with Crippen LogP contribution in [0.3, 0.4) is 0 Å². The highest BCUT2D eigenvalue weighted by atomic mass is 16.7. The molecule has 1 heterocycles. The number of ether oxygens (including phenoxy) is 3. The lowest BCUT2D eigenvalue weighted by Crippen LogP contribution is -2.55. The number of hydrogen-bond acceptors (Lipinski definition) is 4. The van der Waals surface area contributed by atoms with E-state index in [1.165, 1.54) is 13.5 Å². The van der Waals surface area contributed by atoms with E-state index >= 15 is 0 Å². The van der Waals surface area contributed by atoms with Gasteiger partial charge in [-0.15, -0.1) is 0 Å². The van der Waals surface area contributed by atoms with E-state index < -0.39 is 11.2 Å². The van der Waals surface area contributed by atoms with Crippen LogP contribution in [0.1, 0.15) is 58.3 Å². The standard InChI is InChI=1S/C15H26O4/c1-3-4-10-15(18-11-12-19-15)14(13(16)17-2)8-6-5-7-9-14/h3-12H2,1-2H3. The van der Waals surface area contributed by atoms with Crippen molar-refractivity contribution in [3.8, 4) is 0 Å². The van der Waals surface area contributed by atoms with Gasteiger partial charge in [0.1, 0.15) is 5.41 Å². The Morgan fingerprint density at radius 2 is 1.79 bits per heavy atom. The van der Waals surface area contributed by atoms with Crippen molar-refractivity contribution in [1.29, 1.82) is 0 Å². The fraction of sp³-hybridized carbons (Fsp3) is 0.933. The van der Waals surface area contributed by atoms with Gasteiger partial charge in [0.15, 0.2) is 5.79 Å². The minimum absolute atomic E-state index is 0.148. The molecule has 1 aliphatic carbocycles. The van der Waals surface area contributed by atoms with Gasteiger partial charge in [-0.05, 0) is 19.3 Å². The van der Waals surface area contributed by atoms with E-state index in [0.29, 0.717) is 13.2 Å². The van der Waals surface area contributed by atoms with Crippen LogP contribution in [0.5, 0.6) is 0 Å². The highest BCUT2D eigenvalue weighted by Gasteiger charge is 2.60. The third-order valence-electron chi connectivity index (χ3n) is 4.63. The lowest BCUT2D eigenvalue weighted by molar-refractivity contribution is -0.255. The van der Waals surface area contributed by atoms with Gasteiger partial charge in [0.25, 0.3) is 0 Å². The first-order valence-corrected chi connectivity index (χ1v) is 7.57. The molecular formula is C15H26O4. The zero-order valence-electron chi connectivity index (χ0n) is 12.2. The van der Waals surface area contributed by atoms with Crippen molar-refractivity contribution in [2.24, 2.45) is 5.41 Å². The molecule has 0 unspecified atom stereocenters. The SMILES string of the molecule is CCCCC1(C2(C(=O)OC)CCCCC2)OCCO1. The van der Waals surface area contributed by atoms with Gasteiger partial charge in [-0.3, -0.25) is 4.79 Å². The number of hydrogen-bond donors (Lipinski definition) is 0. The highest BCUT2D eigenvalue weighted by molar-refractivity contribution is 5.78. The van der Waals surface area contributed by atoms with Gasteiger partial charge in [0.05, 0.1) is 20.3 Å². The molecule has 0 amide bonds. The second-order valence-electron chi connectivity index (χ2n) is 5.69. The Labute approximate surface area is 115 Å². The Balaban J connectivity index is 2.30. The number of esters is 1. The van der Waals surface area contributed by atoms with Crippen molar-refractivity contribution in [2.45, 2.75) is 64.1 Å². The van der Waals surface area contributed by atoms with E-state index in [0.717, 1.165) is 44.9 Å². The van der Waals surface area contributed by atoms with Crippen molar-refractivity contribution in [1.82, 2.24) is 0 Å². The normalized spacial score (nSPS) is 25.2. The smallest absolute Gasteiger partial charge is 0.317 e. The first-order valence-electron chi connectivity index (χ1n) is 7.57. The predicted molar refractivity (Wildman–Crippen MR) is 71.7 cm³/mol. The van der Waals surface area contributed by atoms with Gasteiger partial charge in [0, 0.05) is 6.42 Å². The van der Waals surface area contributed by atoms with Crippen molar-refractivity contribution < 1.29 is 19.0 Å². The molecule has 2 aliphatic rings. The molecule has 0 aromatic carbocycles. The molecule has 2 rings (SSSR count). The van der Waals surface area contributed by atoms with E-state index in [9.17, 15) is 4.79 Å². The van der Waals surface area contributed by atoms with Crippen LogP contribution in [0.2, 0.25) is 0 Å². The van der Waals surface area contributed by atoms with Crippen LogP contribution < -0.4 is 0 Å². The summed E-state index contributed by atoms with van der Waals surface area (Å²) in [6, 6.07) is 0. The third kappa shape index (κ3) is 2.52. The largest absolute Gasteiger partial charge is 0.468 e. The van der Waals surface area contributed by atoms with E-state index in [1.54, 1.807) is 0 Å². The molecular weight excluding hydrogens is 244 g/mol. The summed E-state index contributed by atoms with van der Waals surface area (Å²) in [4.78, 5) is 12.5. The Morgan fingerprint density at radius 3 is 2.32 bits per heavy atom. The van der Waals surface area contributed by atoms with Gasteiger partial charge < -0.3 is 14.2 Å². The molecule has 4 heteroatoms. The molecule has 0 atom stereocenters. The number of rotatable bonds is 5. The lowest BCUT2D eigenvalue weighted by atomic mass is 9.66. The monoisotopic (exact) mass is 270 g/mol. The topological polar surface area (TPSA) is 44.8 Å². The molecule has 0 bridgehead atoms. The molecule has 0 aromatic rings. The Hall–Kier alpha value is -0.610. The Morgan fingerprint density at radius 1 is 1.16 bits per heavy atom. The Bertz CT molecular complexity index is 301. The average molecular weight is 270 g/mol. The molecule has 0 spiro atoms. The molecule has 19 heavy (non-hydrogen) atoms. The van der Waals surface area contributed by atoms with Gasteiger partial charge >= 0.3 is 5.97 Å². The Kier molecular flexibility index (Phi) is 4.85. The summed E-state index contributed by atoms with van der Waals surface area (Å²) in [7, 11) is 1.47. The molecule has 0 N–H and O–H groups in total.